The van der Waals surface area contributed by atoms with Crippen LogP contribution in [0, 0.1) is 0 Å². The van der Waals surface area contributed by atoms with Crippen LogP contribution in [0.5, 0.6) is 0 Å². The van der Waals surface area contributed by atoms with Crippen molar-refractivity contribution in [3.05, 3.63) is 0 Å². The Bertz CT molecular complexity index is 182. The molecule has 0 fully saturated rings. The Morgan fingerprint density at radius 2 is 1.86 bits per heavy atom. The summed E-state index contributed by atoms with van der Waals surface area (Å²) in [6.07, 6.45) is 3.49. The van der Waals surface area contributed by atoms with Gasteiger partial charge in [-0.1, -0.05) is 26.2 Å². The molecule has 0 unspecified atom stereocenters. The molecule has 5 heteroatoms. The number of amides is 1. The van der Waals surface area contributed by atoms with Crippen LogP contribution in [-0.2, 0) is 14.3 Å². The van der Waals surface area contributed by atoms with Crippen molar-refractivity contribution in [2.45, 2.75) is 39.0 Å². The molecule has 0 saturated carbocycles. The molecular formula is C9H17NO4. The zero-order valence-electron chi connectivity index (χ0n) is 8.45. The fraction of sp³-hybridized carbons (Fsp3) is 0.778. The lowest BCUT2D eigenvalue weighted by atomic mass is 10.2. The number of unbranched alkanes of at least 4 members (excludes halogenated alkanes) is 3. The van der Waals surface area contributed by atoms with E-state index in [0.29, 0.717) is 6.42 Å². The molecule has 0 aromatic rings. The van der Waals surface area contributed by atoms with Crippen LogP contribution in [0.25, 0.3) is 0 Å². The molecule has 0 bridgehead atoms. The van der Waals surface area contributed by atoms with E-state index in [1.807, 2.05) is 0 Å². The highest BCUT2D eigenvalue weighted by atomic mass is 16.7. The molecule has 0 radical (unpaired) electrons. The molecule has 82 valence electrons. The maximum Gasteiger partial charge on any atom is 0.407 e. The zero-order valence-corrected chi connectivity index (χ0v) is 8.45. The van der Waals surface area contributed by atoms with Crippen molar-refractivity contribution in [3.63, 3.8) is 0 Å². The van der Waals surface area contributed by atoms with Crippen LogP contribution in [-0.4, -0.2) is 18.9 Å². The third-order valence-corrected chi connectivity index (χ3v) is 1.66. The second-order valence-corrected chi connectivity index (χ2v) is 2.91. The first-order valence-corrected chi connectivity index (χ1v) is 4.74. The van der Waals surface area contributed by atoms with E-state index < -0.39 is 6.09 Å². The van der Waals surface area contributed by atoms with Gasteiger partial charge in [0, 0.05) is 6.42 Å². The lowest BCUT2D eigenvalue weighted by Gasteiger charge is -2.03. The Hall–Kier alpha value is -1.26. The average Bonchev–Trinajstić information content (AvgIpc) is 2.12. The highest BCUT2D eigenvalue weighted by Gasteiger charge is 2.02. The van der Waals surface area contributed by atoms with Crippen molar-refractivity contribution in [2.75, 3.05) is 6.79 Å². The van der Waals surface area contributed by atoms with Gasteiger partial charge < -0.3 is 15.2 Å². The Kier molecular flexibility index (Phi) is 7.59. The van der Waals surface area contributed by atoms with E-state index >= 15 is 0 Å². The summed E-state index contributed by atoms with van der Waals surface area (Å²) < 4.78 is 8.81. The van der Waals surface area contributed by atoms with Crippen LogP contribution >= 0.6 is 0 Å². The summed E-state index contributed by atoms with van der Waals surface area (Å²) >= 11 is 0. The van der Waals surface area contributed by atoms with Gasteiger partial charge in [-0.15, -0.1) is 0 Å². The highest BCUT2D eigenvalue weighted by Crippen LogP contribution is 2.03. The van der Waals surface area contributed by atoms with E-state index in [0.717, 1.165) is 25.7 Å². The summed E-state index contributed by atoms with van der Waals surface area (Å²) in [5.41, 5.74) is 4.67. The molecular weight excluding hydrogens is 186 g/mol. The zero-order chi connectivity index (χ0) is 10.8. The molecule has 0 rings (SSSR count). The predicted molar refractivity (Wildman–Crippen MR) is 50.4 cm³/mol. The number of hydrogen-bond donors (Lipinski definition) is 1. The normalized spacial score (nSPS) is 9.50. The van der Waals surface area contributed by atoms with Crippen LogP contribution in [0.4, 0.5) is 4.79 Å². The van der Waals surface area contributed by atoms with Crippen LogP contribution in [0.15, 0.2) is 0 Å². The Balaban J connectivity index is 3.24. The molecule has 0 aliphatic rings. The lowest BCUT2D eigenvalue weighted by Crippen LogP contribution is -2.17. The molecule has 0 aliphatic carbocycles. The first-order valence-electron chi connectivity index (χ1n) is 4.74. The standard InChI is InChI=1S/C9H17NO4/c1-2-3-4-5-6-8(11)13-7-14-9(10)12/h2-7H2,1H3,(H2,10,12). The Morgan fingerprint density at radius 1 is 1.14 bits per heavy atom. The maximum absolute atomic E-state index is 10.9. The molecule has 0 aromatic heterocycles. The lowest BCUT2D eigenvalue weighted by molar-refractivity contribution is -0.151. The summed E-state index contributed by atoms with van der Waals surface area (Å²) in [5, 5.41) is 0. The first-order chi connectivity index (χ1) is 6.66. The first kappa shape index (κ1) is 12.7. The average molecular weight is 203 g/mol. The van der Waals surface area contributed by atoms with Gasteiger partial charge in [-0.3, -0.25) is 4.79 Å². The summed E-state index contributed by atoms with van der Waals surface area (Å²) in [5.74, 6) is -0.359. The van der Waals surface area contributed by atoms with Gasteiger partial charge in [0.2, 0.25) is 6.79 Å². The molecule has 1 amide bonds. The molecule has 0 heterocycles. The minimum Gasteiger partial charge on any atom is -0.428 e. The summed E-state index contributed by atoms with van der Waals surface area (Å²) in [4.78, 5) is 21.0. The van der Waals surface area contributed by atoms with E-state index in [1.165, 1.54) is 0 Å². The summed E-state index contributed by atoms with van der Waals surface area (Å²) in [6, 6.07) is 0. The van der Waals surface area contributed by atoms with Gasteiger partial charge in [0.15, 0.2) is 0 Å². The van der Waals surface area contributed by atoms with Crippen molar-refractivity contribution in [2.24, 2.45) is 5.73 Å². The predicted octanol–water partition coefficient (Wildman–Crippen LogP) is 1.55. The molecule has 0 saturated heterocycles. The number of esters is 1. The Labute approximate surface area is 83.5 Å². The van der Waals surface area contributed by atoms with Crippen LogP contribution in [0.2, 0.25) is 0 Å². The minimum absolute atomic E-state index is 0.359. The van der Waals surface area contributed by atoms with E-state index in [2.05, 4.69) is 22.1 Å². The molecule has 5 nitrogen and oxygen atoms in total. The van der Waals surface area contributed by atoms with Gasteiger partial charge in [-0.25, -0.2) is 4.79 Å². The van der Waals surface area contributed by atoms with Gasteiger partial charge in [0.1, 0.15) is 0 Å². The van der Waals surface area contributed by atoms with Crippen molar-refractivity contribution in [3.8, 4) is 0 Å². The van der Waals surface area contributed by atoms with E-state index in [4.69, 9.17) is 0 Å². The van der Waals surface area contributed by atoms with Crippen molar-refractivity contribution in [1.82, 2.24) is 0 Å². The maximum atomic E-state index is 10.9. The fourth-order valence-corrected chi connectivity index (χ4v) is 0.922. The number of carbonyl (C=O) groups is 2. The monoisotopic (exact) mass is 203 g/mol. The number of rotatable bonds is 7. The highest BCUT2D eigenvalue weighted by molar-refractivity contribution is 5.69. The third kappa shape index (κ3) is 8.83. The second kappa shape index (κ2) is 8.34. The van der Waals surface area contributed by atoms with E-state index in [1.54, 1.807) is 0 Å². The number of ether oxygens (including phenoxy) is 2. The SMILES string of the molecule is CCCCCCC(=O)OCOC(N)=O. The van der Waals surface area contributed by atoms with E-state index in [-0.39, 0.29) is 12.8 Å². The molecule has 0 aromatic carbocycles. The van der Waals surface area contributed by atoms with Crippen molar-refractivity contribution >= 4 is 12.1 Å². The Morgan fingerprint density at radius 3 is 2.43 bits per heavy atom. The van der Waals surface area contributed by atoms with Crippen molar-refractivity contribution in [1.29, 1.82) is 0 Å². The minimum atomic E-state index is -0.941. The van der Waals surface area contributed by atoms with Gasteiger partial charge in [-0.2, -0.15) is 0 Å². The second-order valence-electron chi connectivity index (χ2n) is 2.91. The molecule has 0 aliphatic heterocycles. The topological polar surface area (TPSA) is 78.6 Å². The molecule has 0 spiro atoms. The molecule has 14 heavy (non-hydrogen) atoms. The number of carbonyl (C=O) groups excluding carboxylic acids is 2. The number of nitrogens with two attached hydrogens (primary N) is 1. The summed E-state index contributed by atoms with van der Waals surface area (Å²) in [7, 11) is 0. The largest absolute Gasteiger partial charge is 0.428 e. The third-order valence-electron chi connectivity index (χ3n) is 1.66. The molecule has 2 N–H and O–H groups in total. The van der Waals surface area contributed by atoms with E-state index in [9.17, 15) is 9.59 Å². The molecule has 0 atom stereocenters. The number of primary amides is 1. The van der Waals surface area contributed by atoms with Gasteiger partial charge >= 0.3 is 12.1 Å². The summed E-state index contributed by atoms with van der Waals surface area (Å²) in [6.45, 7) is 1.71. The van der Waals surface area contributed by atoms with Crippen LogP contribution in [0.1, 0.15) is 39.0 Å². The van der Waals surface area contributed by atoms with Gasteiger partial charge in [0.05, 0.1) is 0 Å². The quantitative estimate of drug-likeness (QED) is 0.387. The van der Waals surface area contributed by atoms with Gasteiger partial charge in [-0.05, 0) is 6.42 Å². The fourth-order valence-electron chi connectivity index (χ4n) is 0.922. The van der Waals surface area contributed by atoms with Gasteiger partial charge in [0.25, 0.3) is 0 Å². The van der Waals surface area contributed by atoms with Crippen LogP contribution < -0.4 is 5.73 Å². The smallest absolute Gasteiger partial charge is 0.407 e. The number of hydrogen-bond acceptors (Lipinski definition) is 4. The van der Waals surface area contributed by atoms with Crippen molar-refractivity contribution < 1.29 is 19.1 Å². The van der Waals surface area contributed by atoms with Crippen LogP contribution in [0.3, 0.4) is 0 Å².